The number of nitrogens with one attached hydrogen (secondary N) is 1. The molecule has 7 nitrogen and oxygen atoms in total. The Morgan fingerprint density at radius 2 is 1.85 bits per heavy atom. The zero-order valence-electron chi connectivity index (χ0n) is 17.9. The van der Waals surface area contributed by atoms with Crippen molar-refractivity contribution in [1.29, 1.82) is 0 Å². The minimum atomic E-state index is -0.471. The Kier molecular flexibility index (Phi) is 6.86. The van der Waals surface area contributed by atoms with E-state index in [1.54, 1.807) is 49.6 Å². The summed E-state index contributed by atoms with van der Waals surface area (Å²) in [5, 5.41) is 12.2. The van der Waals surface area contributed by atoms with Gasteiger partial charge in [-0.3, -0.25) is 19.1 Å². The highest BCUT2D eigenvalue weighted by atomic mass is 35.5. The smallest absolute Gasteiger partial charge is 0.237 e. The molecule has 0 fully saturated rings. The molecule has 166 valence electrons. The van der Waals surface area contributed by atoms with Gasteiger partial charge in [-0.2, -0.15) is 0 Å². The van der Waals surface area contributed by atoms with Gasteiger partial charge in [-0.25, -0.2) is 0 Å². The number of hydrogen-bond donors (Lipinski definition) is 1. The average Bonchev–Trinajstić information content (AvgIpc) is 3.23. The van der Waals surface area contributed by atoms with E-state index in [1.807, 2.05) is 34.9 Å². The van der Waals surface area contributed by atoms with Crippen molar-refractivity contribution in [3.63, 3.8) is 0 Å². The number of carbonyl (C=O) groups excluding carboxylic acids is 2. The monoisotopic (exact) mass is 477 g/mol. The first-order valence-corrected chi connectivity index (χ1v) is 11.4. The number of hydrogen-bond acceptors (Lipinski definition) is 6. The molecule has 0 bridgehead atoms. The van der Waals surface area contributed by atoms with Crippen molar-refractivity contribution in [2.45, 2.75) is 24.3 Å². The molecule has 4 aromatic rings. The third-order valence-corrected chi connectivity index (χ3v) is 6.11. The number of rotatable bonds is 7. The van der Waals surface area contributed by atoms with Crippen molar-refractivity contribution >= 4 is 40.7 Å². The van der Waals surface area contributed by atoms with Crippen molar-refractivity contribution < 1.29 is 9.59 Å². The Morgan fingerprint density at radius 3 is 2.52 bits per heavy atom. The number of pyridine rings is 1. The molecule has 0 saturated carbocycles. The van der Waals surface area contributed by atoms with Crippen LogP contribution < -0.4 is 5.32 Å². The number of nitrogens with zero attached hydrogens (tertiary/aromatic N) is 4. The lowest BCUT2D eigenvalue weighted by atomic mass is 10.1. The highest BCUT2D eigenvalue weighted by Gasteiger charge is 2.22. The van der Waals surface area contributed by atoms with E-state index in [-0.39, 0.29) is 11.7 Å². The SMILES string of the molecule is CC(=O)c1ccc(NC(=O)C(C)Sc2nnc(-c3cccnc3)n2-c2cccc(Cl)c2)cc1. The van der Waals surface area contributed by atoms with Gasteiger partial charge in [0.2, 0.25) is 5.91 Å². The lowest BCUT2D eigenvalue weighted by Crippen LogP contribution is -2.23. The second-order valence-electron chi connectivity index (χ2n) is 7.25. The molecule has 0 aliphatic heterocycles. The second-order valence-corrected chi connectivity index (χ2v) is 8.99. The molecule has 0 radical (unpaired) electrons. The molecule has 2 heterocycles. The molecule has 0 aliphatic rings. The summed E-state index contributed by atoms with van der Waals surface area (Å²) in [5.74, 6) is 0.376. The fourth-order valence-corrected chi connectivity index (χ4v) is 4.17. The van der Waals surface area contributed by atoms with Crippen LogP contribution in [0.15, 0.2) is 78.2 Å². The molecule has 1 N–H and O–H groups in total. The maximum atomic E-state index is 12.8. The first-order chi connectivity index (χ1) is 15.9. The number of ketones is 1. The largest absolute Gasteiger partial charge is 0.325 e. The summed E-state index contributed by atoms with van der Waals surface area (Å²) in [7, 11) is 0. The number of thioether (sulfide) groups is 1. The zero-order valence-corrected chi connectivity index (χ0v) is 19.5. The van der Waals surface area contributed by atoms with Crippen LogP contribution in [0.4, 0.5) is 5.69 Å². The molecule has 2 aromatic carbocycles. The number of aromatic nitrogens is 4. The van der Waals surface area contributed by atoms with Crippen LogP contribution in [0.25, 0.3) is 17.1 Å². The number of amides is 1. The number of benzene rings is 2. The van der Waals surface area contributed by atoms with Crippen LogP contribution in [0.3, 0.4) is 0 Å². The Morgan fingerprint density at radius 1 is 1.06 bits per heavy atom. The van der Waals surface area contributed by atoms with E-state index in [0.29, 0.717) is 27.3 Å². The van der Waals surface area contributed by atoms with Crippen molar-refractivity contribution in [1.82, 2.24) is 19.7 Å². The fourth-order valence-electron chi connectivity index (χ4n) is 3.12. The van der Waals surface area contributed by atoms with Crippen LogP contribution in [0.2, 0.25) is 5.02 Å². The summed E-state index contributed by atoms with van der Waals surface area (Å²) in [6, 6.07) is 17.9. The molecule has 1 atom stereocenters. The summed E-state index contributed by atoms with van der Waals surface area (Å²) in [6.45, 7) is 3.30. The summed E-state index contributed by atoms with van der Waals surface area (Å²) < 4.78 is 1.86. The average molecular weight is 478 g/mol. The molecule has 9 heteroatoms. The third-order valence-electron chi connectivity index (χ3n) is 4.83. The van der Waals surface area contributed by atoms with E-state index in [9.17, 15) is 9.59 Å². The normalized spacial score (nSPS) is 11.7. The first-order valence-electron chi connectivity index (χ1n) is 10.1. The molecular weight excluding hydrogens is 458 g/mol. The molecule has 0 aliphatic carbocycles. The molecule has 0 spiro atoms. The van der Waals surface area contributed by atoms with E-state index in [2.05, 4.69) is 20.5 Å². The lowest BCUT2D eigenvalue weighted by Gasteiger charge is -2.14. The van der Waals surface area contributed by atoms with Gasteiger partial charge in [0, 0.05) is 34.2 Å². The highest BCUT2D eigenvalue weighted by molar-refractivity contribution is 8.00. The van der Waals surface area contributed by atoms with Crippen molar-refractivity contribution in [3.05, 3.63) is 83.6 Å². The minimum absolute atomic E-state index is 0.0263. The van der Waals surface area contributed by atoms with Gasteiger partial charge in [-0.05, 0) is 68.4 Å². The van der Waals surface area contributed by atoms with Crippen molar-refractivity contribution in [2.24, 2.45) is 0 Å². The lowest BCUT2D eigenvalue weighted by molar-refractivity contribution is -0.115. The maximum Gasteiger partial charge on any atom is 0.237 e. The van der Waals surface area contributed by atoms with Crippen LogP contribution in [0.1, 0.15) is 24.2 Å². The molecule has 1 unspecified atom stereocenters. The van der Waals surface area contributed by atoms with Crippen molar-refractivity contribution in [2.75, 3.05) is 5.32 Å². The Labute approximate surface area is 200 Å². The van der Waals surface area contributed by atoms with Gasteiger partial charge in [0.05, 0.1) is 10.9 Å². The quantitative estimate of drug-likeness (QED) is 0.287. The maximum absolute atomic E-state index is 12.8. The van der Waals surface area contributed by atoms with Crippen LogP contribution >= 0.6 is 23.4 Å². The van der Waals surface area contributed by atoms with Crippen LogP contribution in [-0.4, -0.2) is 36.7 Å². The van der Waals surface area contributed by atoms with Gasteiger partial charge in [-0.15, -0.1) is 10.2 Å². The molecule has 1 amide bonds. The van der Waals surface area contributed by atoms with E-state index in [4.69, 9.17) is 11.6 Å². The van der Waals surface area contributed by atoms with E-state index < -0.39 is 5.25 Å². The number of Topliss-reactive ketones (excluding diaryl/α,β-unsaturated/α-hetero) is 1. The molecule has 4 rings (SSSR count). The number of carbonyl (C=O) groups is 2. The van der Waals surface area contributed by atoms with Crippen LogP contribution in [0.5, 0.6) is 0 Å². The zero-order chi connectivity index (χ0) is 23.4. The third kappa shape index (κ3) is 5.30. The minimum Gasteiger partial charge on any atom is -0.325 e. The van der Waals surface area contributed by atoms with E-state index in [1.165, 1.54) is 18.7 Å². The van der Waals surface area contributed by atoms with Gasteiger partial charge < -0.3 is 5.32 Å². The first kappa shape index (κ1) is 22.7. The summed E-state index contributed by atoms with van der Waals surface area (Å²) >= 11 is 7.51. The predicted octanol–water partition coefficient (Wildman–Crippen LogP) is 5.30. The topological polar surface area (TPSA) is 89.8 Å². The number of anilines is 1. The van der Waals surface area contributed by atoms with Gasteiger partial charge in [0.1, 0.15) is 0 Å². The van der Waals surface area contributed by atoms with Gasteiger partial charge in [-0.1, -0.05) is 29.4 Å². The summed E-state index contributed by atoms with van der Waals surface area (Å²) in [4.78, 5) is 28.5. The predicted molar refractivity (Wildman–Crippen MR) is 130 cm³/mol. The Bertz CT molecular complexity index is 1290. The molecule has 33 heavy (non-hydrogen) atoms. The standard InChI is InChI=1S/C24H20ClN5O2S/c1-15(31)17-8-10-20(11-9-17)27-23(32)16(2)33-24-29-28-22(18-5-4-12-26-14-18)30(24)21-7-3-6-19(25)13-21/h3-14,16H,1-2H3,(H,27,32). The summed E-state index contributed by atoms with van der Waals surface area (Å²) in [6.07, 6.45) is 3.40. The summed E-state index contributed by atoms with van der Waals surface area (Å²) in [5.41, 5.74) is 2.78. The fraction of sp³-hybridized carbons (Fsp3) is 0.125. The van der Waals surface area contributed by atoms with Crippen molar-refractivity contribution in [3.8, 4) is 17.1 Å². The van der Waals surface area contributed by atoms with Gasteiger partial charge >= 0.3 is 0 Å². The Balaban J connectivity index is 1.60. The van der Waals surface area contributed by atoms with E-state index in [0.717, 1.165) is 11.3 Å². The highest BCUT2D eigenvalue weighted by Crippen LogP contribution is 2.31. The Hall–Kier alpha value is -3.49. The van der Waals surface area contributed by atoms with E-state index >= 15 is 0 Å². The van der Waals surface area contributed by atoms with Crippen LogP contribution in [0, 0.1) is 0 Å². The number of halogens is 1. The van der Waals surface area contributed by atoms with Crippen LogP contribution in [-0.2, 0) is 4.79 Å². The van der Waals surface area contributed by atoms with Gasteiger partial charge in [0.25, 0.3) is 0 Å². The molecular formula is C24H20ClN5O2S. The molecule has 2 aromatic heterocycles. The second kappa shape index (κ2) is 9.97. The van der Waals surface area contributed by atoms with Gasteiger partial charge in [0.15, 0.2) is 16.8 Å². The molecule has 0 saturated heterocycles.